The Morgan fingerprint density at radius 2 is 0.750 bits per heavy atom. The molecule has 0 saturated heterocycles. The Morgan fingerprint density at radius 1 is 0.750 bits per heavy atom. The first-order chi connectivity index (χ1) is 1.73. The van der Waals surface area contributed by atoms with Crippen molar-refractivity contribution in [2.45, 2.75) is 0 Å². The van der Waals surface area contributed by atoms with Crippen LogP contribution >= 0.6 is 37.2 Å². The number of rotatable bonds is 0. The Hall–Kier alpha value is 1.70. The molecule has 0 bridgehead atoms. The molecule has 0 atom stereocenters. The van der Waals surface area contributed by atoms with Crippen molar-refractivity contribution in [1.82, 2.24) is 0 Å². The summed E-state index contributed by atoms with van der Waals surface area (Å²) in [5, 5.41) is 21.5. The van der Waals surface area contributed by atoms with Gasteiger partial charge in [-0.25, -0.2) is 0 Å². The fourth-order valence-corrected chi connectivity index (χ4v) is 0. The van der Waals surface area contributed by atoms with Crippen LogP contribution in [0.15, 0.2) is 0 Å². The minimum absolute atomic E-state index is 0. The van der Waals surface area contributed by atoms with Crippen molar-refractivity contribution < 1.29 is 41.3 Å². The van der Waals surface area contributed by atoms with E-state index < -0.39 is 7.32 Å². The topological polar surface area (TPSA) is 60.7 Å². The smallest absolute Gasteiger partial charge is 0.402 e. The van der Waals surface area contributed by atoms with E-state index >= 15 is 0 Å². The van der Waals surface area contributed by atoms with E-state index in [1.807, 2.05) is 0 Å². The Morgan fingerprint density at radius 3 is 0.750 bits per heavy atom. The zero-order valence-electron chi connectivity index (χ0n) is 3.64. The van der Waals surface area contributed by atoms with E-state index in [1.165, 1.54) is 0 Å². The monoisotopic (exact) mass is 260 g/mol. The summed E-state index contributed by atoms with van der Waals surface area (Å²) >= 11 is 0. The Kier molecular flexibility index (Phi) is 97.0. The van der Waals surface area contributed by atoms with E-state index in [4.69, 9.17) is 15.1 Å². The Balaban J connectivity index is -0.00000000750. The molecule has 0 aromatic rings. The van der Waals surface area contributed by atoms with Crippen LogP contribution in [0.3, 0.4) is 0 Å². The third-order valence-electron chi connectivity index (χ3n) is 0. The van der Waals surface area contributed by atoms with Gasteiger partial charge >= 0.3 is 7.32 Å². The summed E-state index contributed by atoms with van der Waals surface area (Å²) in [6.07, 6.45) is 0. The van der Waals surface area contributed by atoms with Gasteiger partial charge in [0.05, 0.1) is 0 Å². The first-order valence-corrected chi connectivity index (χ1v) is 0.775. The average Bonchev–Trinajstić information content (AvgIpc) is 0.811. The van der Waals surface area contributed by atoms with Gasteiger partial charge in [0.15, 0.2) is 0 Å². The molecule has 0 amide bonds. The minimum atomic E-state index is -2.17. The summed E-state index contributed by atoms with van der Waals surface area (Å²) in [6, 6.07) is 0. The predicted octanol–water partition coefficient (Wildman–Crippen LogP) is -0.789. The fraction of sp³-hybridized carbons (Fsp3) is 0. The Labute approximate surface area is 85.4 Å². The van der Waals surface area contributed by atoms with Crippen molar-refractivity contribution in [3.05, 3.63) is 0 Å². The summed E-state index contributed by atoms with van der Waals surface area (Å²) in [7, 11) is -2.17. The van der Waals surface area contributed by atoms with Crippen molar-refractivity contribution in [1.29, 1.82) is 0 Å². The van der Waals surface area contributed by atoms with Crippen molar-refractivity contribution in [3.8, 4) is 0 Å². The van der Waals surface area contributed by atoms with Crippen LogP contribution in [-0.2, 0) is 26.2 Å². The number of hydrogen-bond donors (Lipinski definition) is 3. The molecule has 0 unspecified atom stereocenters. The molecule has 0 aliphatic rings. The first kappa shape index (κ1) is 33.2. The van der Waals surface area contributed by atoms with Gasteiger partial charge in [0.25, 0.3) is 0 Å². The zero-order valence-corrected chi connectivity index (χ0v) is 8.55. The molecule has 0 rings (SSSR count). The summed E-state index contributed by atoms with van der Waals surface area (Å²) in [5.74, 6) is 0. The molecule has 0 saturated carbocycles. The quantitative estimate of drug-likeness (QED) is 0.502. The number of hydrogen-bond acceptors (Lipinski definition) is 3. The molecular formula is H6BCl3O3Zr. The molecule has 0 heterocycles. The van der Waals surface area contributed by atoms with Crippen molar-refractivity contribution in [2.24, 2.45) is 0 Å². The normalized spacial score (nSPS) is 3.38. The maximum atomic E-state index is 7.17. The van der Waals surface area contributed by atoms with Crippen LogP contribution < -0.4 is 0 Å². The van der Waals surface area contributed by atoms with Crippen LogP contribution in [0.5, 0.6) is 0 Å². The zero-order chi connectivity index (χ0) is 3.58. The summed E-state index contributed by atoms with van der Waals surface area (Å²) in [6.45, 7) is 0. The molecule has 3 N–H and O–H groups in total. The average molecular weight is 262 g/mol. The number of halogens is 3. The maximum absolute atomic E-state index is 7.17. The predicted molar refractivity (Wildman–Crippen MR) is 34.2 cm³/mol. The molecule has 52 valence electrons. The van der Waals surface area contributed by atoms with Gasteiger partial charge < -0.3 is 15.1 Å². The molecule has 8 heavy (non-hydrogen) atoms. The SMILES string of the molecule is Cl.Cl.Cl.OB(O)O.[Zr]. The van der Waals surface area contributed by atoms with E-state index in [2.05, 4.69) is 0 Å². The molecule has 0 aliphatic carbocycles. The second-order valence-electron chi connectivity index (χ2n) is 0.346. The summed E-state index contributed by atoms with van der Waals surface area (Å²) in [4.78, 5) is 0. The van der Waals surface area contributed by atoms with Gasteiger partial charge in [-0.3, -0.25) is 0 Å². The van der Waals surface area contributed by atoms with Crippen molar-refractivity contribution >= 4 is 44.5 Å². The third kappa shape index (κ3) is 120. The molecule has 3 nitrogen and oxygen atoms in total. The minimum Gasteiger partial charge on any atom is -0.402 e. The molecule has 0 spiro atoms. The molecule has 8 heteroatoms. The van der Waals surface area contributed by atoms with Gasteiger partial charge in [-0.1, -0.05) is 0 Å². The van der Waals surface area contributed by atoms with Crippen molar-refractivity contribution in [2.75, 3.05) is 0 Å². The molecule has 0 radical (unpaired) electrons. The van der Waals surface area contributed by atoms with Crippen LogP contribution in [0.4, 0.5) is 0 Å². The standard InChI is InChI=1S/BH3O3.3ClH.Zr/c2-1(3)4;;;;/h2-4H;3*1H;. The van der Waals surface area contributed by atoms with Crippen LogP contribution in [0, 0.1) is 0 Å². The Bertz CT molecular complexity index is 19.2. The van der Waals surface area contributed by atoms with E-state index in [-0.39, 0.29) is 63.4 Å². The summed E-state index contributed by atoms with van der Waals surface area (Å²) in [5.41, 5.74) is 0. The second-order valence-corrected chi connectivity index (χ2v) is 0.346. The second kappa shape index (κ2) is 23.4. The molecule has 0 aromatic heterocycles. The fourth-order valence-electron chi connectivity index (χ4n) is 0. The van der Waals surface area contributed by atoms with Crippen LogP contribution in [0.25, 0.3) is 0 Å². The first-order valence-electron chi connectivity index (χ1n) is 0.775. The molecule has 0 aliphatic heterocycles. The van der Waals surface area contributed by atoms with Gasteiger partial charge in [-0.2, -0.15) is 0 Å². The molecule has 0 fully saturated rings. The van der Waals surface area contributed by atoms with Gasteiger partial charge in [-0.05, 0) is 0 Å². The van der Waals surface area contributed by atoms with E-state index in [1.54, 1.807) is 0 Å². The molecule has 0 aromatic carbocycles. The third-order valence-corrected chi connectivity index (χ3v) is 0. The van der Waals surface area contributed by atoms with E-state index in [0.29, 0.717) is 0 Å². The largest absolute Gasteiger partial charge is 0.631 e. The van der Waals surface area contributed by atoms with Gasteiger partial charge in [0.1, 0.15) is 0 Å². The summed E-state index contributed by atoms with van der Waals surface area (Å²) < 4.78 is 0. The van der Waals surface area contributed by atoms with Gasteiger partial charge in [0.2, 0.25) is 0 Å². The maximum Gasteiger partial charge on any atom is 0.631 e. The van der Waals surface area contributed by atoms with E-state index in [9.17, 15) is 0 Å². The van der Waals surface area contributed by atoms with Crippen LogP contribution in [0.1, 0.15) is 0 Å². The van der Waals surface area contributed by atoms with Crippen molar-refractivity contribution in [3.63, 3.8) is 0 Å². The van der Waals surface area contributed by atoms with Gasteiger partial charge in [-0.15, -0.1) is 37.2 Å². The van der Waals surface area contributed by atoms with Crippen LogP contribution in [-0.4, -0.2) is 22.4 Å². The van der Waals surface area contributed by atoms with Crippen LogP contribution in [0.2, 0.25) is 0 Å². The molecular weight excluding hydrogens is 256 g/mol. The van der Waals surface area contributed by atoms with Gasteiger partial charge in [0, 0.05) is 26.2 Å². The van der Waals surface area contributed by atoms with E-state index in [0.717, 1.165) is 0 Å².